The van der Waals surface area contributed by atoms with Gasteiger partial charge in [0, 0.05) is 24.7 Å². The van der Waals surface area contributed by atoms with Crippen LogP contribution in [0.1, 0.15) is 12.5 Å². The molecule has 0 fully saturated rings. The molecular weight excluding hydrogens is 218 g/mol. The van der Waals surface area contributed by atoms with Gasteiger partial charge in [-0.15, -0.1) is 0 Å². The van der Waals surface area contributed by atoms with Crippen LogP contribution in [0.25, 0.3) is 0 Å². The number of rotatable bonds is 6. The highest BCUT2D eigenvalue weighted by atomic mass is 16.5. The molecule has 0 bridgehead atoms. The second-order valence-electron chi connectivity index (χ2n) is 3.60. The van der Waals surface area contributed by atoms with Crippen molar-refractivity contribution in [3.63, 3.8) is 0 Å². The highest BCUT2D eigenvalue weighted by Crippen LogP contribution is 2.25. The van der Waals surface area contributed by atoms with Crippen LogP contribution in [0, 0.1) is 5.41 Å². The number of nitrogens with zero attached hydrogens (tertiary/aromatic N) is 1. The van der Waals surface area contributed by atoms with Crippen LogP contribution in [0.5, 0.6) is 5.75 Å². The highest BCUT2D eigenvalue weighted by Gasteiger charge is 2.12. The van der Waals surface area contributed by atoms with E-state index >= 15 is 0 Å². The van der Waals surface area contributed by atoms with Crippen molar-refractivity contribution in [3.05, 3.63) is 23.8 Å². The summed E-state index contributed by atoms with van der Waals surface area (Å²) in [6.45, 7) is 3.28. The standard InChI is InChI=1S/C12H19N3O2/c1-3-15(6-7-16)11-8-9(17-2)4-5-10(11)12(13)14/h4-5,8,16H,3,6-7H2,1-2H3,(H3,13,14). The normalized spacial score (nSPS) is 10.1. The minimum Gasteiger partial charge on any atom is -0.497 e. The largest absolute Gasteiger partial charge is 0.497 e. The van der Waals surface area contributed by atoms with Gasteiger partial charge in [-0.25, -0.2) is 0 Å². The minimum absolute atomic E-state index is 0.0130. The Morgan fingerprint density at radius 3 is 2.71 bits per heavy atom. The number of benzene rings is 1. The summed E-state index contributed by atoms with van der Waals surface area (Å²) in [5, 5.41) is 16.6. The molecule has 0 heterocycles. The maximum atomic E-state index is 9.03. The number of hydrogen-bond donors (Lipinski definition) is 3. The molecule has 5 heteroatoms. The molecule has 1 rings (SSSR count). The van der Waals surface area contributed by atoms with Crippen LogP contribution in [0.15, 0.2) is 18.2 Å². The van der Waals surface area contributed by atoms with Crippen LogP contribution in [-0.4, -0.2) is 37.7 Å². The molecule has 1 aromatic rings. The number of likely N-dealkylation sites (N-methyl/N-ethyl adjacent to an activating group) is 1. The van der Waals surface area contributed by atoms with Gasteiger partial charge in [0.1, 0.15) is 11.6 Å². The summed E-state index contributed by atoms with van der Waals surface area (Å²) < 4.78 is 5.16. The third kappa shape index (κ3) is 3.10. The quantitative estimate of drug-likeness (QED) is 0.505. The van der Waals surface area contributed by atoms with E-state index in [1.807, 2.05) is 17.9 Å². The first-order valence-corrected chi connectivity index (χ1v) is 5.52. The molecule has 0 aliphatic rings. The van der Waals surface area contributed by atoms with Crippen LogP contribution >= 0.6 is 0 Å². The van der Waals surface area contributed by atoms with Gasteiger partial charge in [0.25, 0.3) is 0 Å². The molecule has 0 atom stereocenters. The van der Waals surface area contributed by atoms with E-state index in [4.69, 9.17) is 21.0 Å². The number of aliphatic hydroxyl groups excluding tert-OH is 1. The fourth-order valence-electron chi connectivity index (χ4n) is 1.70. The third-order valence-corrected chi connectivity index (χ3v) is 2.59. The van der Waals surface area contributed by atoms with E-state index < -0.39 is 0 Å². The number of ether oxygens (including phenoxy) is 1. The van der Waals surface area contributed by atoms with E-state index in [-0.39, 0.29) is 12.4 Å². The lowest BCUT2D eigenvalue weighted by atomic mass is 10.1. The molecule has 0 spiro atoms. The van der Waals surface area contributed by atoms with E-state index in [1.54, 1.807) is 19.2 Å². The van der Waals surface area contributed by atoms with Gasteiger partial charge in [0.15, 0.2) is 0 Å². The Hall–Kier alpha value is -1.75. The van der Waals surface area contributed by atoms with Gasteiger partial charge < -0.3 is 20.5 Å². The Kier molecular flexibility index (Phi) is 4.78. The van der Waals surface area contributed by atoms with Gasteiger partial charge in [-0.2, -0.15) is 0 Å². The first kappa shape index (κ1) is 13.3. The Morgan fingerprint density at radius 1 is 1.53 bits per heavy atom. The molecule has 0 radical (unpaired) electrons. The lowest BCUT2D eigenvalue weighted by Crippen LogP contribution is -2.29. The molecule has 17 heavy (non-hydrogen) atoms. The molecule has 1 aromatic carbocycles. The molecule has 0 saturated carbocycles. The highest BCUT2D eigenvalue weighted by molar-refractivity contribution is 6.00. The van der Waals surface area contributed by atoms with Crippen molar-refractivity contribution in [2.24, 2.45) is 5.73 Å². The Labute approximate surface area is 101 Å². The molecule has 0 unspecified atom stereocenters. The predicted molar refractivity (Wildman–Crippen MR) is 69.0 cm³/mol. The van der Waals surface area contributed by atoms with E-state index in [0.717, 1.165) is 12.2 Å². The SMILES string of the molecule is CCN(CCO)c1cc(OC)ccc1C(=N)N. The molecule has 4 N–H and O–H groups in total. The van der Waals surface area contributed by atoms with Gasteiger partial charge in [0.05, 0.1) is 19.4 Å². The molecule has 0 aliphatic heterocycles. The molecule has 0 aliphatic carbocycles. The maximum Gasteiger partial charge on any atom is 0.124 e. The molecule has 94 valence electrons. The molecule has 5 nitrogen and oxygen atoms in total. The minimum atomic E-state index is 0.0130. The summed E-state index contributed by atoms with van der Waals surface area (Å²) in [7, 11) is 1.59. The number of amidine groups is 1. The van der Waals surface area contributed by atoms with Crippen molar-refractivity contribution in [2.75, 3.05) is 31.7 Å². The Balaban J connectivity index is 3.19. The monoisotopic (exact) mass is 237 g/mol. The number of nitrogen functional groups attached to an aromatic ring is 1. The second kappa shape index (κ2) is 6.10. The van der Waals surface area contributed by atoms with Gasteiger partial charge in [-0.05, 0) is 19.1 Å². The third-order valence-electron chi connectivity index (χ3n) is 2.59. The fraction of sp³-hybridized carbons (Fsp3) is 0.417. The van der Waals surface area contributed by atoms with E-state index in [0.29, 0.717) is 17.9 Å². The lowest BCUT2D eigenvalue weighted by Gasteiger charge is -2.25. The topological polar surface area (TPSA) is 82.6 Å². The number of aliphatic hydroxyl groups is 1. The van der Waals surface area contributed by atoms with Crippen LogP contribution in [0.3, 0.4) is 0 Å². The number of nitrogens with two attached hydrogens (primary N) is 1. The summed E-state index contributed by atoms with van der Waals surface area (Å²) in [6.07, 6.45) is 0. The zero-order valence-corrected chi connectivity index (χ0v) is 10.2. The summed E-state index contributed by atoms with van der Waals surface area (Å²) in [4.78, 5) is 1.96. The van der Waals surface area contributed by atoms with E-state index in [9.17, 15) is 0 Å². The zero-order chi connectivity index (χ0) is 12.8. The predicted octanol–water partition coefficient (Wildman–Crippen LogP) is 0.798. The smallest absolute Gasteiger partial charge is 0.124 e. The Bertz CT molecular complexity index is 393. The van der Waals surface area contributed by atoms with Crippen molar-refractivity contribution in [1.82, 2.24) is 0 Å². The van der Waals surface area contributed by atoms with Crippen LogP contribution in [0.2, 0.25) is 0 Å². The molecule has 0 amide bonds. The zero-order valence-electron chi connectivity index (χ0n) is 10.2. The molecular formula is C12H19N3O2. The van der Waals surface area contributed by atoms with Crippen LogP contribution in [-0.2, 0) is 0 Å². The lowest BCUT2D eigenvalue weighted by molar-refractivity contribution is 0.302. The maximum absolute atomic E-state index is 9.03. The van der Waals surface area contributed by atoms with Crippen molar-refractivity contribution in [3.8, 4) is 5.75 Å². The molecule has 0 aromatic heterocycles. The second-order valence-corrected chi connectivity index (χ2v) is 3.60. The van der Waals surface area contributed by atoms with E-state index in [2.05, 4.69) is 0 Å². The summed E-state index contributed by atoms with van der Waals surface area (Å²) in [5.41, 5.74) is 7.02. The van der Waals surface area contributed by atoms with Gasteiger partial charge in [-0.1, -0.05) is 0 Å². The average Bonchev–Trinajstić information content (AvgIpc) is 2.35. The first-order chi connectivity index (χ1) is 8.13. The Morgan fingerprint density at radius 2 is 2.24 bits per heavy atom. The van der Waals surface area contributed by atoms with Gasteiger partial charge >= 0.3 is 0 Å². The summed E-state index contributed by atoms with van der Waals surface area (Å²) >= 11 is 0. The van der Waals surface area contributed by atoms with Crippen molar-refractivity contribution in [2.45, 2.75) is 6.92 Å². The van der Waals surface area contributed by atoms with Crippen LogP contribution < -0.4 is 15.4 Å². The summed E-state index contributed by atoms with van der Waals surface area (Å²) in [6, 6.07) is 5.36. The van der Waals surface area contributed by atoms with Crippen molar-refractivity contribution in [1.29, 1.82) is 5.41 Å². The van der Waals surface area contributed by atoms with Gasteiger partial charge in [-0.3, -0.25) is 5.41 Å². The average molecular weight is 237 g/mol. The number of anilines is 1. The fourth-order valence-corrected chi connectivity index (χ4v) is 1.70. The van der Waals surface area contributed by atoms with Crippen LogP contribution in [0.4, 0.5) is 5.69 Å². The van der Waals surface area contributed by atoms with Crippen molar-refractivity contribution < 1.29 is 9.84 Å². The van der Waals surface area contributed by atoms with E-state index in [1.165, 1.54) is 0 Å². The number of methoxy groups -OCH3 is 1. The number of hydrogen-bond acceptors (Lipinski definition) is 4. The first-order valence-electron chi connectivity index (χ1n) is 5.52. The molecule has 0 saturated heterocycles. The summed E-state index contributed by atoms with van der Waals surface area (Å²) in [5.74, 6) is 0.723. The van der Waals surface area contributed by atoms with Gasteiger partial charge in [0.2, 0.25) is 0 Å². The van der Waals surface area contributed by atoms with Crippen molar-refractivity contribution >= 4 is 11.5 Å². The number of nitrogens with one attached hydrogen (secondary N) is 1.